The molecule has 0 aliphatic heterocycles. The second kappa shape index (κ2) is 10.4. The topological polar surface area (TPSA) is 63.5 Å². The van der Waals surface area contributed by atoms with E-state index < -0.39 is 0 Å². The van der Waals surface area contributed by atoms with Gasteiger partial charge in [0.05, 0.1) is 25.0 Å². The van der Waals surface area contributed by atoms with Crippen LogP contribution in [0.5, 0.6) is 5.75 Å². The van der Waals surface area contributed by atoms with Crippen molar-refractivity contribution in [2.45, 2.75) is 45.2 Å². The van der Waals surface area contributed by atoms with Crippen LogP contribution in [0.25, 0.3) is 5.69 Å². The Bertz CT molecular complexity index is 692. The number of hydrogen-bond donors (Lipinski definition) is 2. The van der Waals surface area contributed by atoms with Crippen LogP contribution in [0.15, 0.2) is 41.5 Å². The Kier molecular flexibility index (Phi) is 8.21. The smallest absolute Gasteiger partial charge is 0.191 e. The fourth-order valence-electron chi connectivity index (χ4n) is 3.07. The molecular weight excluding hydrogens is 441 g/mol. The molecule has 1 aromatic carbocycles. The monoisotopic (exact) mass is 469 g/mol. The molecule has 1 aliphatic carbocycles. The Hall–Kier alpha value is -1.77. The predicted molar refractivity (Wildman–Crippen MR) is 116 cm³/mol. The number of rotatable bonds is 6. The highest BCUT2D eigenvalue weighted by Crippen LogP contribution is 2.17. The van der Waals surface area contributed by atoms with Gasteiger partial charge in [0.1, 0.15) is 5.75 Å². The van der Waals surface area contributed by atoms with Crippen LogP contribution in [0, 0.1) is 0 Å². The van der Waals surface area contributed by atoms with Gasteiger partial charge in [-0.3, -0.25) is 0 Å². The van der Waals surface area contributed by atoms with E-state index in [9.17, 15) is 0 Å². The predicted octanol–water partition coefficient (Wildman–Crippen LogP) is 3.50. The second-order valence-electron chi connectivity index (χ2n) is 6.27. The minimum absolute atomic E-state index is 0. The molecule has 1 aromatic heterocycles. The molecule has 1 fully saturated rings. The van der Waals surface area contributed by atoms with Crippen molar-refractivity contribution >= 4 is 29.9 Å². The van der Waals surface area contributed by atoms with Crippen molar-refractivity contribution in [3.63, 3.8) is 0 Å². The Labute approximate surface area is 172 Å². The highest BCUT2D eigenvalue weighted by atomic mass is 127. The fraction of sp³-hybridized carbons (Fsp3) is 0.474. The molecular formula is C19H28IN5O. The van der Waals surface area contributed by atoms with E-state index in [1.54, 1.807) is 7.11 Å². The van der Waals surface area contributed by atoms with Crippen LogP contribution in [0.4, 0.5) is 0 Å². The molecule has 142 valence electrons. The molecule has 1 heterocycles. The minimum Gasteiger partial charge on any atom is -0.497 e. The molecule has 0 unspecified atom stereocenters. The van der Waals surface area contributed by atoms with Gasteiger partial charge >= 0.3 is 0 Å². The number of benzene rings is 1. The largest absolute Gasteiger partial charge is 0.497 e. The van der Waals surface area contributed by atoms with E-state index in [2.05, 4.69) is 27.6 Å². The first-order valence-electron chi connectivity index (χ1n) is 9.02. The normalized spacial score (nSPS) is 14.8. The Morgan fingerprint density at radius 3 is 2.62 bits per heavy atom. The highest BCUT2D eigenvalue weighted by molar-refractivity contribution is 14.0. The first-order valence-corrected chi connectivity index (χ1v) is 9.02. The zero-order valence-corrected chi connectivity index (χ0v) is 17.8. The van der Waals surface area contributed by atoms with Gasteiger partial charge in [-0.1, -0.05) is 12.8 Å². The molecule has 0 saturated heterocycles. The van der Waals surface area contributed by atoms with E-state index in [-0.39, 0.29) is 24.0 Å². The van der Waals surface area contributed by atoms with Gasteiger partial charge in [0.15, 0.2) is 5.96 Å². The summed E-state index contributed by atoms with van der Waals surface area (Å²) >= 11 is 0. The van der Waals surface area contributed by atoms with E-state index in [1.165, 1.54) is 25.7 Å². The highest BCUT2D eigenvalue weighted by Gasteiger charge is 2.15. The van der Waals surface area contributed by atoms with Crippen molar-refractivity contribution < 1.29 is 4.74 Å². The number of hydrogen-bond acceptors (Lipinski definition) is 3. The molecule has 0 bridgehead atoms. The number of aliphatic imine (C=N–C) groups is 1. The summed E-state index contributed by atoms with van der Waals surface area (Å²) in [6.07, 6.45) is 7.05. The maximum absolute atomic E-state index is 5.19. The van der Waals surface area contributed by atoms with Crippen LogP contribution in [0.3, 0.4) is 0 Å². The molecule has 2 N–H and O–H groups in total. The average Bonchev–Trinajstić information content (AvgIpc) is 3.32. The quantitative estimate of drug-likeness (QED) is 0.386. The SMILES string of the molecule is CCNC(=NCc1ccn(-c2ccc(OC)cc2)n1)NC1CCCC1.I. The van der Waals surface area contributed by atoms with Crippen molar-refractivity contribution in [3.8, 4) is 11.4 Å². The van der Waals surface area contributed by atoms with Gasteiger partial charge in [0.2, 0.25) is 0 Å². The molecule has 1 aliphatic rings. The van der Waals surface area contributed by atoms with Crippen LogP contribution < -0.4 is 15.4 Å². The summed E-state index contributed by atoms with van der Waals surface area (Å²) in [4.78, 5) is 4.68. The summed E-state index contributed by atoms with van der Waals surface area (Å²) in [6, 6.07) is 10.4. The number of nitrogens with one attached hydrogen (secondary N) is 2. The molecule has 0 spiro atoms. The molecule has 0 amide bonds. The van der Waals surface area contributed by atoms with Gasteiger partial charge in [0, 0.05) is 18.8 Å². The molecule has 0 atom stereocenters. The summed E-state index contributed by atoms with van der Waals surface area (Å²) in [6.45, 7) is 3.51. The lowest BCUT2D eigenvalue weighted by Crippen LogP contribution is -2.42. The van der Waals surface area contributed by atoms with E-state index in [1.807, 2.05) is 41.2 Å². The molecule has 6 nitrogen and oxygen atoms in total. The van der Waals surface area contributed by atoms with Gasteiger partial charge in [-0.2, -0.15) is 5.10 Å². The maximum Gasteiger partial charge on any atom is 0.191 e. The van der Waals surface area contributed by atoms with Crippen LogP contribution in [0.1, 0.15) is 38.3 Å². The van der Waals surface area contributed by atoms with Gasteiger partial charge < -0.3 is 15.4 Å². The Morgan fingerprint density at radius 1 is 1.23 bits per heavy atom. The number of halogens is 1. The van der Waals surface area contributed by atoms with Gasteiger partial charge in [-0.15, -0.1) is 24.0 Å². The van der Waals surface area contributed by atoms with Crippen molar-refractivity contribution in [2.24, 2.45) is 4.99 Å². The zero-order valence-electron chi connectivity index (χ0n) is 15.4. The standard InChI is InChI=1S/C19H27N5O.HI/c1-3-20-19(22-15-6-4-5-7-15)21-14-16-12-13-24(23-16)17-8-10-18(25-2)11-9-17;/h8-13,15H,3-7,14H2,1-2H3,(H2,20,21,22);1H. The molecule has 0 radical (unpaired) electrons. The van der Waals surface area contributed by atoms with Gasteiger partial charge in [0.25, 0.3) is 0 Å². The Morgan fingerprint density at radius 2 is 1.96 bits per heavy atom. The molecule has 2 aromatic rings. The number of nitrogens with zero attached hydrogens (tertiary/aromatic N) is 3. The minimum atomic E-state index is 0. The number of aromatic nitrogens is 2. The third-order valence-electron chi connectivity index (χ3n) is 4.42. The number of guanidine groups is 1. The Balaban J connectivity index is 0.00000243. The molecule has 1 saturated carbocycles. The van der Waals surface area contributed by atoms with Crippen LogP contribution in [0.2, 0.25) is 0 Å². The summed E-state index contributed by atoms with van der Waals surface area (Å²) in [5.41, 5.74) is 1.95. The van der Waals surface area contributed by atoms with Crippen molar-refractivity contribution in [3.05, 3.63) is 42.2 Å². The number of methoxy groups -OCH3 is 1. The van der Waals surface area contributed by atoms with Gasteiger partial charge in [-0.05, 0) is 50.1 Å². The fourth-order valence-corrected chi connectivity index (χ4v) is 3.07. The maximum atomic E-state index is 5.19. The summed E-state index contributed by atoms with van der Waals surface area (Å²) in [5.74, 6) is 1.72. The summed E-state index contributed by atoms with van der Waals surface area (Å²) in [5, 5.41) is 11.5. The first-order chi connectivity index (χ1) is 12.3. The summed E-state index contributed by atoms with van der Waals surface area (Å²) < 4.78 is 7.05. The number of ether oxygens (including phenoxy) is 1. The van der Waals surface area contributed by atoms with E-state index in [4.69, 9.17) is 4.74 Å². The van der Waals surface area contributed by atoms with Crippen LogP contribution in [-0.4, -0.2) is 35.4 Å². The first kappa shape index (κ1) is 20.5. The molecule has 26 heavy (non-hydrogen) atoms. The molecule has 3 rings (SSSR count). The van der Waals surface area contributed by atoms with E-state index >= 15 is 0 Å². The third-order valence-corrected chi connectivity index (χ3v) is 4.42. The third kappa shape index (κ3) is 5.62. The lowest BCUT2D eigenvalue weighted by Gasteiger charge is -2.16. The average molecular weight is 469 g/mol. The second-order valence-corrected chi connectivity index (χ2v) is 6.27. The van der Waals surface area contributed by atoms with Gasteiger partial charge in [-0.25, -0.2) is 9.67 Å². The lowest BCUT2D eigenvalue weighted by atomic mass is 10.2. The van der Waals surface area contributed by atoms with E-state index in [0.29, 0.717) is 12.6 Å². The van der Waals surface area contributed by atoms with Crippen molar-refractivity contribution in [1.29, 1.82) is 0 Å². The lowest BCUT2D eigenvalue weighted by molar-refractivity contribution is 0.414. The zero-order chi connectivity index (χ0) is 17.5. The summed E-state index contributed by atoms with van der Waals surface area (Å²) in [7, 11) is 1.67. The van der Waals surface area contributed by atoms with Crippen LogP contribution in [-0.2, 0) is 6.54 Å². The molecule has 7 heteroatoms. The van der Waals surface area contributed by atoms with Crippen molar-refractivity contribution in [1.82, 2.24) is 20.4 Å². The van der Waals surface area contributed by atoms with Crippen LogP contribution >= 0.6 is 24.0 Å². The van der Waals surface area contributed by atoms with Crippen molar-refractivity contribution in [2.75, 3.05) is 13.7 Å². The van der Waals surface area contributed by atoms with E-state index in [0.717, 1.165) is 29.6 Å².